The van der Waals surface area contributed by atoms with Gasteiger partial charge in [-0.1, -0.05) is 30.3 Å². The van der Waals surface area contributed by atoms with Crippen molar-refractivity contribution in [3.8, 4) is 11.3 Å². The van der Waals surface area contributed by atoms with E-state index < -0.39 is 10.0 Å². The van der Waals surface area contributed by atoms with Crippen LogP contribution < -0.4 is 5.32 Å². The highest BCUT2D eigenvalue weighted by molar-refractivity contribution is 7.99. The fourth-order valence-corrected chi connectivity index (χ4v) is 4.55. The number of rotatable bonds is 8. The Hall–Kier alpha value is -2.75. The molecule has 0 aliphatic carbocycles. The molecule has 9 heteroatoms. The van der Waals surface area contributed by atoms with Gasteiger partial charge in [0.1, 0.15) is 10.9 Å². The van der Waals surface area contributed by atoms with E-state index in [4.69, 9.17) is 0 Å². The SMILES string of the molecule is Cc1nc(SCCC(=O)Nc2ccc(S(=O)(=O)N(C)C)cc2)cc(-c2ccccc2)n1. The minimum absolute atomic E-state index is 0.148. The fraction of sp³-hybridized carbons (Fsp3) is 0.227. The summed E-state index contributed by atoms with van der Waals surface area (Å²) in [7, 11) is -0.535. The summed E-state index contributed by atoms with van der Waals surface area (Å²) in [6, 6.07) is 17.9. The van der Waals surface area contributed by atoms with Crippen LogP contribution in [0.1, 0.15) is 12.2 Å². The standard InChI is InChI=1S/C22H24N4O3S2/c1-16-23-20(17-7-5-4-6-8-17)15-22(24-16)30-14-13-21(27)25-18-9-11-19(12-10-18)31(28,29)26(2)3/h4-12,15H,13-14H2,1-3H3,(H,25,27). The molecule has 0 radical (unpaired) electrons. The first kappa shape index (κ1) is 22.9. The molecule has 0 unspecified atom stereocenters. The number of carbonyl (C=O) groups excluding carboxylic acids is 1. The van der Waals surface area contributed by atoms with Gasteiger partial charge in [0, 0.05) is 37.5 Å². The first-order valence-electron chi connectivity index (χ1n) is 9.62. The number of carbonyl (C=O) groups is 1. The van der Waals surface area contributed by atoms with Gasteiger partial charge in [0.15, 0.2) is 0 Å². The summed E-state index contributed by atoms with van der Waals surface area (Å²) in [5.41, 5.74) is 2.43. The summed E-state index contributed by atoms with van der Waals surface area (Å²) in [5.74, 6) is 1.09. The number of benzene rings is 2. The third kappa shape index (κ3) is 6.13. The summed E-state index contributed by atoms with van der Waals surface area (Å²) in [5, 5.41) is 3.61. The van der Waals surface area contributed by atoms with Crippen molar-refractivity contribution < 1.29 is 13.2 Å². The molecular formula is C22H24N4O3S2. The number of aromatic nitrogens is 2. The van der Waals surface area contributed by atoms with Gasteiger partial charge in [-0.05, 0) is 37.3 Å². The number of hydrogen-bond donors (Lipinski definition) is 1. The van der Waals surface area contributed by atoms with Crippen LogP contribution in [0.3, 0.4) is 0 Å². The Bertz CT molecular complexity index is 1150. The number of nitrogens with one attached hydrogen (secondary N) is 1. The topological polar surface area (TPSA) is 92.3 Å². The number of thioether (sulfide) groups is 1. The van der Waals surface area contributed by atoms with Gasteiger partial charge in [-0.3, -0.25) is 4.79 Å². The lowest BCUT2D eigenvalue weighted by atomic mass is 10.1. The monoisotopic (exact) mass is 456 g/mol. The van der Waals surface area contributed by atoms with Crippen LogP contribution in [0.25, 0.3) is 11.3 Å². The van der Waals surface area contributed by atoms with E-state index in [2.05, 4.69) is 15.3 Å². The van der Waals surface area contributed by atoms with Crippen LogP contribution in [-0.2, 0) is 14.8 Å². The number of anilines is 1. The van der Waals surface area contributed by atoms with Gasteiger partial charge in [-0.2, -0.15) is 0 Å². The first-order chi connectivity index (χ1) is 14.8. The molecular weight excluding hydrogens is 432 g/mol. The second kappa shape index (κ2) is 10.0. The lowest BCUT2D eigenvalue weighted by molar-refractivity contribution is -0.115. The Morgan fingerprint density at radius 1 is 1.03 bits per heavy atom. The van der Waals surface area contributed by atoms with Gasteiger partial charge in [-0.25, -0.2) is 22.7 Å². The van der Waals surface area contributed by atoms with E-state index in [1.807, 2.05) is 43.3 Å². The molecule has 0 aliphatic rings. The van der Waals surface area contributed by atoms with E-state index in [0.717, 1.165) is 20.6 Å². The molecule has 1 aromatic heterocycles. The largest absolute Gasteiger partial charge is 0.326 e. The molecule has 0 bridgehead atoms. The zero-order chi connectivity index (χ0) is 22.4. The van der Waals surface area contributed by atoms with Crippen molar-refractivity contribution in [2.24, 2.45) is 0 Å². The molecule has 0 saturated carbocycles. The highest BCUT2D eigenvalue weighted by atomic mass is 32.2. The predicted octanol–water partition coefficient (Wildman–Crippen LogP) is 3.82. The van der Waals surface area contributed by atoms with E-state index in [-0.39, 0.29) is 10.8 Å². The fourth-order valence-electron chi connectivity index (χ4n) is 2.76. The number of sulfonamides is 1. The van der Waals surface area contributed by atoms with Crippen molar-refractivity contribution in [1.29, 1.82) is 0 Å². The average molecular weight is 457 g/mol. The smallest absolute Gasteiger partial charge is 0.242 e. The van der Waals surface area contributed by atoms with Crippen molar-refractivity contribution >= 4 is 33.4 Å². The number of amides is 1. The van der Waals surface area contributed by atoms with Gasteiger partial charge in [0.05, 0.1) is 10.6 Å². The molecule has 162 valence electrons. The van der Waals surface area contributed by atoms with Crippen molar-refractivity contribution in [2.75, 3.05) is 25.2 Å². The lowest BCUT2D eigenvalue weighted by Gasteiger charge is -2.12. The average Bonchev–Trinajstić information content (AvgIpc) is 2.74. The second-order valence-electron chi connectivity index (χ2n) is 6.96. The van der Waals surface area contributed by atoms with Gasteiger partial charge in [0.2, 0.25) is 15.9 Å². The molecule has 31 heavy (non-hydrogen) atoms. The normalized spacial score (nSPS) is 11.5. The van der Waals surface area contributed by atoms with E-state index in [9.17, 15) is 13.2 Å². The van der Waals surface area contributed by atoms with Crippen LogP contribution in [0, 0.1) is 6.92 Å². The van der Waals surface area contributed by atoms with Crippen LogP contribution >= 0.6 is 11.8 Å². The maximum Gasteiger partial charge on any atom is 0.242 e. The van der Waals surface area contributed by atoms with Crippen molar-refractivity contribution in [2.45, 2.75) is 23.3 Å². The maximum absolute atomic E-state index is 12.3. The molecule has 1 amide bonds. The van der Waals surface area contributed by atoms with Crippen LogP contribution in [-0.4, -0.2) is 48.4 Å². The van der Waals surface area contributed by atoms with E-state index in [1.54, 1.807) is 12.1 Å². The quantitative estimate of drug-likeness (QED) is 0.409. The molecule has 1 heterocycles. The van der Waals surface area contributed by atoms with Crippen molar-refractivity contribution in [1.82, 2.24) is 14.3 Å². The van der Waals surface area contributed by atoms with Crippen LogP contribution in [0.2, 0.25) is 0 Å². The second-order valence-corrected chi connectivity index (χ2v) is 10.2. The predicted molar refractivity (Wildman–Crippen MR) is 123 cm³/mol. The Morgan fingerprint density at radius 2 is 1.71 bits per heavy atom. The Kier molecular flexibility index (Phi) is 7.42. The molecule has 3 rings (SSSR count). The number of nitrogens with zero attached hydrogens (tertiary/aromatic N) is 3. The van der Waals surface area contributed by atoms with Crippen molar-refractivity contribution in [3.63, 3.8) is 0 Å². The lowest BCUT2D eigenvalue weighted by Crippen LogP contribution is -2.22. The molecule has 1 N–H and O–H groups in total. The molecule has 7 nitrogen and oxygen atoms in total. The van der Waals surface area contributed by atoms with Gasteiger partial charge >= 0.3 is 0 Å². The zero-order valence-electron chi connectivity index (χ0n) is 17.6. The maximum atomic E-state index is 12.3. The minimum atomic E-state index is -3.49. The summed E-state index contributed by atoms with van der Waals surface area (Å²) in [4.78, 5) is 21.4. The summed E-state index contributed by atoms with van der Waals surface area (Å²) < 4.78 is 25.4. The van der Waals surface area contributed by atoms with Gasteiger partial charge < -0.3 is 5.32 Å². The Balaban J connectivity index is 1.56. The van der Waals surface area contributed by atoms with Crippen LogP contribution in [0.4, 0.5) is 5.69 Å². The highest BCUT2D eigenvalue weighted by Crippen LogP contribution is 2.23. The molecule has 0 aliphatic heterocycles. The van der Waals surface area contributed by atoms with E-state index >= 15 is 0 Å². The Morgan fingerprint density at radius 3 is 2.35 bits per heavy atom. The summed E-state index contributed by atoms with van der Waals surface area (Å²) in [6.45, 7) is 1.85. The van der Waals surface area contributed by atoms with E-state index in [1.165, 1.54) is 38.0 Å². The van der Waals surface area contributed by atoms with Crippen LogP contribution in [0.5, 0.6) is 0 Å². The third-order valence-electron chi connectivity index (χ3n) is 4.38. The zero-order valence-corrected chi connectivity index (χ0v) is 19.2. The Labute approximate surface area is 187 Å². The van der Waals surface area contributed by atoms with Crippen molar-refractivity contribution in [3.05, 3.63) is 66.5 Å². The first-order valence-corrected chi connectivity index (χ1v) is 12.0. The van der Waals surface area contributed by atoms with Crippen LogP contribution in [0.15, 0.2) is 70.6 Å². The third-order valence-corrected chi connectivity index (χ3v) is 7.12. The number of aryl methyl sites for hydroxylation is 1. The summed E-state index contributed by atoms with van der Waals surface area (Å²) >= 11 is 1.49. The summed E-state index contributed by atoms with van der Waals surface area (Å²) in [6.07, 6.45) is 0.298. The molecule has 0 fully saturated rings. The van der Waals surface area contributed by atoms with E-state index in [0.29, 0.717) is 23.7 Å². The molecule has 0 spiro atoms. The minimum Gasteiger partial charge on any atom is -0.326 e. The molecule has 0 atom stereocenters. The van der Waals surface area contributed by atoms with Gasteiger partial charge in [-0.15, -0.1) is 11.8 Å². The highest BCUT2D eigenvalue weighted by Gasteiger charge is 2.16. The number of hydrogen-bond acceptors (Lipinski definition) is 6. The van der Waals surface area contributed by atoms with Gasteiger partial charge in [0.25, 0.3) is 0 Å². The molecule has 2 aromatic carbocycles. The molecule has 0 saturated heterocycles. The molecule has 3 aromatic rings.